The Hall–Kier alpha value is -3.85. The van der Waals surface area contributed by atoms with Crippen molar-refractivity contribution < 1.29 is 49.2 Å². The second kappa shape index (κ2) is 15.3. The normalized spacial score (nSPS) is 13.9. The van der Waals surface area contributed by atoms with E-state index in [4.69, 9.17) is 10.8 Å². The Bertz CT molecular complexity index is 988. The van der Waals surface area contributed by atoms with Crippen LogP contribution in [0.15, 0.2) is 24.3 Å². The monoisotopic (exact) mass is 542 g/mol. The molecule has 0 aliphatic carbocycles. The van der Waals surface area contributed by atoms with Crippen LogP contribution in [0.4, 0.5) is 0 Å². The topological polar surface area (TPSA) is 245 Å². The zero-order chi connectivity index (χ0) is 28.1. The average molecular weight is 543 g/mol. The largest absolute Gasteiger partial charge is 0.508 e. The number of phenolic OH excluding ortho intramolecular Hbond substituents is 1. The van der Waals surface area contributed by atoms with Gasteiger partial charge in [-0.05, 0) is 36.1 Å². The molecule has 4 unspecified atom stereocenters. The van der Waals surface area contributed by atoms with Crippen LogP contribution in [0.5, 0.6) is 5.75 Å². The Labute approximate surface area is 216 Å². The van der Waals surface area contributed by atoms with Crippen molar-refractivity contribution in [1.29, 1.82) is 0 Å². The van der Waals surface area contributed by atoms with Gasteiger partial charge in [-0.3, -0.25) is 24.0 Å². The molecule has 0 aliphatic rings. The van der Waals surface area contributed by atoms with Crippen LogP contribution in [0.25, 0.3) is 0 Å². The van der Waals surface area contributed by atoms with Crippen molar-refractivity contribution in [3.05, 3.63) is 29.8 Å². The summed E-state index contributed by atoms with van der Waals surface area (Å²) in [6.45, 7) is 0. The molecule has 1 aromatic rings. The van der Waals surface area contributed by atoms with Crippen LogP contribution in [0.1, 0.15) is 24.8 Å². The predicted molar refractivity (Wildman–Crippen MR) is 131 cm³/mol. The molecule has 0 saturated carbocycles. The lowest BCUT2D eigenvalue weighted by molar-refractivity contribution is -0.147. The van der Waals surface area contributed by atoms with Gasteiger partial charge in [-0.2, -0.15) is 11.8 Å². The van der Waals surface area contributed by atoms with Gasteiger partial charge < -0.3 is 42.1 Å². The number of rotatable bonds is 16. The molecule has 0 aromatic heterocycles. The highest BCUT2D eigenvalue weighted by Gasteiger charge is 2.32. The van der Waals surface area contributed by atoms with Crippen LogP contribution in [0.3, 0.4) is 0 Å². The number of aromatic hydroxyl groups is 1. The SMILES string of the molecule is CSCCC(N)C(=O)NC(CC(=O)O)C(=O)NC(Cc1ccc(O)cc1)C(=O)NC(CC(=O)O)C(=O)O. The van der Waals surface area contributed by atoms with Crippen molar-refractivity contribution in [2.45, 2.75) is 49.9 Å². The zero-order valence-electron chi connectivity index (χ0n) is 19.9. The molecule has 0 fully saturated rings. The Morgan fingerprint density at radius 3 is 1.81 bits per heavy atom. The molecular weight excluding hydrogens is 512 g/mol. The molecule has 15 heteroatoms. The van der Waals surface area contributed by atoms with Gasteiger partial charge in [0.2, 0.25) is 17.7 Å². The first-order valence-corrected chi connectivity index (χ1v) is 12.3. The highest BCUT2D eigenvalue weighted by Crippen LogP contribution is 2.12. The number of nitrogens with two attached hydrogens (primary N) is 1. The smallest absolute Gasteiger partial charge is 0.326 e. The second-order valence-corrected chi connectivity index (χ2v) is 8.96. The summed E-state index contributed by atoms with van der Waals surface area (Å²) in [5.74, 6) is -6.98. The number of carbonyl (C=O) groups excluding carboxylic acids is 3. The van der Waals surface area contributed by atoms with Crippen molar-refractivity contribution in [2.24, 2.45) is 5.73 Å². The standard InChI is InChI=1S/C22H30N4O10S/c1-37-7-6-13(23)19(32)24-15(9-17(28)29)21(34)25-14(8-11-2-4-12(27)5-3-11)20(33)26-16(22(35)36)10-18(30)31/h2-5,13-16,27H,6-10,23H2,1H3,(H,24,32)(H,25,34)(H,26,33)(H,28,29)(H,30,31)(H,35,36). The van der Waals surface area contributed by atoms with E-state index in [9.17, 15) is 44.1 Å². The molecule has 0 bridgehead atoms. The maximum Gasteiger partial charge on any atom is 0.326 e. The number of hydrogen-bond donors (Lipinski definition) is 8. The molecule has 1 rings (SSSR count). The van der Waals surface area contributed by atoms with Crippen molar-refractivity contribution in [1.82, 2.24) is 16.0 Å². The molecule has 1 aromatic carbocycles. The quantitative estimate of drug-likeness (QED) is 0.119. The van der Waals surface area contributed by atoms with E-state index in [-0.39, 0.29) is 18.6 Å². The summed E-state index contributed by atoms with van der Waals surface area (Å²) in [4.78, 5) is 71.9. The summed E-state index contributed by atoms with van der Waals surface area (Å²) in [5.41, 5.74) is 6.19. The first kappa shape index (κ1) is 31.2. The maximum atomic E-state index is 12.9. The van der Waals surface area contributed by atoms with Crippen LogP contribution in [-0.2, 0) is 35.2 Å². The summed E-state index contributed by atoms with van der Waals surface area (Å²) < 4.78 is 0. The number of phenols is 1. The fraction of sp³-hybridized carbons (Fsp3) is 0.455. The van der Waals surface area contributed by atoms with Crippen molar-refractivity contribution in [3.8, 4) is 5.75 Å². The van der Waals surface area contributed by atoms with Crippen LogP contribution in [-0.4, -0.2) is 92.2 Å². The van der Waals surface area contributed by atoms with Gasteiger partial charge in [0.15, 0.2) is 0 Å². The lowest BCUT2D eigenvalue weighted by atomic mass is 10.0. The van der Waals surface area contributed by atoms with Gasteiger partial charge in [-0.25, -0.2) is 4.79 Å². The van der Waals surface area contributed by atoms with Crippen LogP contribution < -0.4 is 21.7 Å². The molecule has 0 saturated heterocycles. The van der Waals surface area contributed by atoms with E-state index >= 15 is 0 Å². The molecule has 14 nitrogen and oxygen atoms in total. The van der Waals surface area contributed by atoms with E-state index in [1.54, 1.807) is 6.26 Å². The summed E-state index contributed by atoms with van der Waals surface area (Å²) in [5, 5.41) is 43.4. The first-order valence-electron chi connectivity index (χ1n) is 10.9. The molecular formula is C22H30N4O10S. The van der Waals surface area contributed by atoms with Gasteiger partial charge in [0, 0.05) is 6.42 Å². The fourth-order valence-electron chi connectivity index (χ4n) is 3.03. The van der Waals surface area contributed by atoms with Crippen molar-refractivity contribution in [3.63, 3.8) is 0 Å². The lowest BCUT2D eigenvalue weighted by Gasteiger charge is -2.24. The van der Waals surface area contributed by atoms with E-state index in [0.29, 0.717) is 11.3 Å². The maximum absolute atomic E-state index is 12.9. The summed E-state index contributed by atoms with van der Waals surface area (Å²) >= 11 is 1.43. The number of thioether (sulfide) groups is 1. The molecule has 0 radical (unpaired) electrons. The average Bonchev–Trinajstić information content (AvgIpc) is 2.81. The number of carboxylic acid groups (broad SMARTS) is 3. The third kappa shape index (κ3) is 11.6. The molecule has 4 atom stereocenters. The highest BCUT2D eigenvalue weighted by atomic mass is 32.2. The number of aliphatic carboxylic acids is 3. The Morgan fingerprint density at radius 1 is 0.811 bits per heavy atom. The number of benzene rings is 1. The molecule has 9 N–H and O–H groups in total. The Morgan fingerprint density at radius 2 is 1.30 bits per heavy atom. The Kier molecular flexibility index (Phi) is 12.9. The van der Waals surface area contributed by atoms with E-state index < -0.39 is 72.6 Å². The summed E-state index contributed by atoms with van der Waals surface area (Å²) in [6.07, 6.45) is 0.0539. The van der Waals surface area contributed by atoms with Gasteiger partial charge in [0.25, 0.3) is 0 Å². The molecule has 0 heterocycles. The number of amides is 3. The van der Waals surface area contributed by atoms with E-state index in [1.807, 2.05) is 5.32 Å². The molecule has 0 aliphatic heterocycles. The van der Waals surface area contributed by atoms with Gasteiger partial charge >= 0.3 is 17.9 Å². The zero-order valence-corrected chi connectivity index (χ0v) is 20.7. The predicted octanol–water partition coefficient (Wildman–Crippen LogP) is -1.50. The third-order valence-electron chi connectivity index (χ3n) is 4.98. The van der Waals surface area contributed by atoms with Crippen LogP contribution in [0.2, 0.25) is 0 Å². The van der Waals surface area contributed by atoms with E-state index in [1.165, 1.54) is 36.0 Å². The van der Waals surface area contributed by atoms with Gasteiger partial charge in [-0.15, -0.1) is 0 Å². The number of carboxylic acids is 3. The summed E-state index contributed by atoms with van der Waals surface area (Å²) in [7, 11) is 0. The highest BCUT2D eigenvalue weighted by molar-refractivity contribution is 7.98. The first-order chi connectivity index (χ1) is 17.3. The third-order valence-corrected chi connectivity index (χ3v) is 5.63. The van der Waals surface area contributed by atoms with Crippen molar-refractivity contribution >= 4 is 47.4 Å². The minimum atomic E-state index is -1.81. The van der Waals surface area contributed by atoms with Gasteiger partial charge in [0.1, 0.15) is 23.9 Å². The van der Waals surface area contributed by atoms with Crippen molar-refractivity contribution in [2.75, 3.05) is 12.0 Å². The van der Waals surface area contributed by atoms with Crippen LogP contribution in [0, 0.1) is 0 Å². The minimum Gasteiger partial charge on any atom is -0.508 e. The molecule has 3 amide bonds. The summed E-state index contributed by atoms with van der Waals surface area (Å²) in [6, 6.07) is -0.474. The number of carbonyl (C=O) groups is 6. The number of nitrogens with one attached hydrogen (secondary N) is 3. The van der Waals surface area contributed by atoms with E-state index in [0.717, 1.165) is 0 Å². The fourth-order valence-corrected chi connectivity index (χ4v) is 3.52. The van der Waals surface area contributed by atoms with Gasteiger partial charge in [0.05, 0.1) is 18.9 Å². The van der Waals surface area contributed by atoms with Crippen LogP contribution >= 0.6 is 11.8 Å². The molecule has 37 heavy (non-hydrogen) atoms. The van der Waals surface area contributed by atoms with Gasteiger partial charge in [-0.1, -0.05) is 12.1 Å². The minimum absolute atomic E-state index is 0.0803. The second-order valence-electron chi connectivity index (χ2n) is 7.98. The lowest BCUT2D eigenvalue weighted by Crippen LogP contribution is -2.58. The molecule has 204 valence electrons. The number of hydrogen-bond acceptors (Lipinski definition) is 9. The molecule has 0 spiro atoms. The Balaban J connectivity index is 3.15. The van der Waals surface area contributed by atoms with E-state index in [2.05, 4.69) is 10.6 Å².